The van der Waals surface area contributed by atoms with Crippen molar-refractivity contribution in [2.45, 2.75) is 19.6 Å². The summed E-state index contributed by atoms with van der Waals surface area (Å²) in [5, 5.41) is 17.8. The van der Waals surface area contributed by atoms with Crippen molar-refractivity contribution in [1.29, 1.82) is 0 Å². The van der Waals surface area contributed by atoms with E-state index in [1.54, 1.807) is 19.2 Å². The third-order valence-electron chi connectivity index (χ3n) is 2.21. The van der Waals surface area contributed by atoms with E-state index in [1.165, 1.54) is 0 Å². The molecule has 0 heterocycles. The Labute approximate surface area is 96.0 Å². The molecule has 0 saturated carbocycles. The second-order valence-corrected chi connectivity index (χ2v) is 3.69. The summed E-state index contributed by atoms with van der Waals surface area (Å²) < 4.78 is 10.5. The molecular weight excluding hydrogens is 207 g/mol. The molecule has 88 valence electrons. The fraction of sp³-hybridized carbons (Fsp3) is 0.455. The largest absolute Gasteiger partial charge is 0.488 e. The first-order chi connectivity index (χ1) is 7.63. The Morgan fingerprint density at radius 3 is 2.38 bits per heavy atom. The first-order valence-corrected chi connectivity index (χ1v) is 5.19. The summed E-state index contributed by atoms with van der Waals surface area (Å²) in [4.78, 5) is 0. The Balaban J connectivity index is 2.43. The fourth-order valence-corrected chi connectivity index (χ4v) is 1.31. The molecule has 0 aromatic heterocycles. The van der Waals surface area contributed by atoms with Crippen molar-refractivity contribution < 1.29 is 19.5 Å². The average molecular weight is 224 g/mol. The molecule has 0 radical (unpaired) electrons. The molecule has 0 spiro atoms. The minimum atomic E-state index is -1.41. The molecule has 0 aliphatic heterocycles. The Kier molecular flexibility index (Phi) is 5.48. The van der Waals surface area contributed by atoms with Crippen LogP contribution < -0.4 is 5.46 Å². The van der Waals surface area contributed by atoms with Gasteiger partial charge in [-0.25, -0.2) is 0 Å². The van der Waals surface area contributed by atoms with Crippen molar-refractivity contribution in [3.63, 3.8) is 0 Å². The van der Waals surface area contributed by atoms with Crippen molar-refractivity contribution in [1.82, 2.24) is 0 Å². The van der Waals surface area contributed by atoms with E-state index in [9.17, 15) is 0 Å². The molecule has 0 bridgehead atoms. The molecule has 1 aromatic rings. The van der Waals surface area contributed by atoms with Gasteiger partial charge in [0.05, 0.1) is 19.3 Å². The highest BCUT2D eigenvalue weighted by atomic mass is 16.5. The van der Waals surface area contributed by atoms with Gasteiger partial charge >= 0.3 is 7.12 Å². The van der Waals surface area contributed by atoms with Gasteiger partial charge in [-0.3, -0.25) is 0 Å². The third-order valence-corrected chi connectivity index (χ3v) is 2.21. The molecule has 0 aliphatic carbocycles. The number of rotatable bonds is 6. The summed E-state index contributed by atoms with van der Waals surface area (Å²) in [6.45, 7) is 3.00. The lowest BCUT2D eigenvalue weighted by molar-refractivity contribution is -0.000121. The zero-order valence-electron chi connectivity index (χ0n) is 9.59. The van der Waals surface area contributed by atoms with E-state index >= 15 is 0 Å². The van der Waals surface area contributed by atoms with Crippen LogP contribution in [-0.2, 0) is 16.1 Å². The summed E-state index contributed by atoms with van der Waals surface area (Å²) in [6, 6.07) is 6.97. The van der Waals surface area contributed by atoms with Gasteiger partial charge in [-0.1, -0.05) is 24.3 Å². The maximum Gasteiger partial charge on any atom is 0.488 e. The second-order valence-electron chi connectivity index (χ2n) is 3.69. The highest BCUT2D eigenvalue weighted by Gasteiger charge is 2.09. The normalized spacial score (nSPS) is 12.5. The van der Waals surface area contributed by atoms with E-state index in [0.717, 1.165) is 5.56 Å². The number of hydrogen-bond acceptors (Lipinski definition) is 4. The number of methoxy groups -OCH3 is 1. The Hall–Kier alpha value is -0.875. The summed E-state index contributed by atoms with van der Waals surface area (Å²) in [5.74, 6) is 0. The van der Waals surface area contributed by atoms with Gasteiger partial charge in [0, 0.05) is 7.11 Å². The van der Waals surface area contributed by atoms with Crippen molar-refractivity contribution in [3.05, 3.63) is 29.8 Å². The van der Waals surface area contributed by atoms with E-state index in [1.807, 2.05) is 19.1 Å². The molecule has 1 rings (SSSR count). The maximum atomic E-state index is 8.91. The zero-order valence-corrected chi connectivity index (χ0v) is 9.59. The van der Waals surface area contributed by atoms with Gasteiger partial charge in [0.2, 0.25) is 0 Å². The maximum absolute atomic E-state index is 8.91. The summed E-state index contributed by atoms with van der Waals surface area (Å²) in [6.07, 6.45) is 0.0492. The van der Waals surface area contributed by atoms with Crippen LogP contribution in [0.3, 0.4) is 0 Å². The van der Waals surface area contributed by atoms with Crippen LogP contribution in [0.2, 0.25) is 0 Å². The Bertz CT molecular complexity index is 299. The van der Waals surface area contributed by atoms with E-state index in [-0.39, 0.29) is 6.10 Å². The van der Waals surface area contributed by atoms with E-state index < -0.39 is 7.12 Å². The highest BCUT2D eigenvalue weighted by molar-refractivity contribution is 6.58. The van der Waals surface area contributed by atoms with Gasteiger partial charge in [0.25, 0.3) is 0 Å². The molecule has 16 heavy (non-hydrogen) atoms. The standard InChI is InChI=1S/C11H17BO4/c1-9(7-15-2)16-8-10-3-5-11(6-4-10)12(13)14/h3-6,9,13-14H,7-8H2,1-2H3. The first-order valence-electron chi connectivity index (χ1n) is 5.19. The summed E-state index contributed by atoms with van der Waals surface area (Å²) >= 11 is 0. The van der Waals surface area contributed by atoms with E-state index in [2.05, 4.69) is 0 Å². The Morgan fingerprint density at radius 2 is 1.88 bits per heavy atom. The summed E-state index contributed by atoms with van der Waals surface area (Å²) in [5.41, 5.74) is 1.47. The fourth-order valence-electron chi connectivity index (χ4n) is 1.31. The minimum absolute atomic E-state index is 0.0492. The van der Waals surface area contributed by atoms with Gasteiger partial charge in [0.1, 0.15) is 0 Å². The highest BCUT2D eigenvalue weighted by Crippen LogP contribution is 2.02. The van der Waals surface area contributed by atoms with Crippen LogP contribution in [-0.4, -0.2) is 37.0 Å². The van der Waals surface area contributed by atoms with Gasteiger partial charge in [0.15, 0.2) is 0 Å². The molecule has 1 atom stereocenters. The molecule has 5 heteroatoms. The van der Waals surface area contributed by atoms with Gasteiger partial charge in [-0.2, -0.15) is 0 Å². The first kappa shape index (κ1) is 13.2. The Morgan fingerprint density at radius 1 is 1.25 bits per heavy atom. The quantitative estimate of drug-likeness (QED) is 0.663. The monoisotopic (exact) mass is 224 g/mol. The predicted molar refractivity (Wildman–Crippen MR) is 62.4 cm³/mol. The van der Waals surface area contributed by atoms with Crippen LogP contribution in [0.1, 0.15) is 12.5 Å². The van der Waals surface area contributed by atoms with Crippen molar-refractivity contribution in [2.24, 2.45) is 0 Å². The van der Waals surface area contributed by atoms with Crippen molar-refractivity contribution >= 4 is 12.6 Å². The molecule has 2 N–H and O–H groups in total. The smallest absolute Gasteiger partial charge is 0.423 e. The molecule has 0 amide bonds. The van der Waals surface area contributed by atoms with Crippen molar-refractivity contribution in [2.75, 3.05) is 13.7 Å². The summed E-state index contributed by atoms with van der Waals surface area (Å²) in [7, 11) is 0.222. The SMILES string of the molecule is COCC(C)OCc1ccc(B(O)O)cc1. The molecule has 1 unspecified atom stereocenters. The molecule has 4 nitrogen and oxygen atoms in total. The number of benzene rings is 1. The van der Waals surface area contributed by atoms with Crippen LogP contribution in [0.25, 0.3) is 0 Å². The van der Waals surface area contributed by atoms with Crippen molar-refractivity contribution in [3.8, 4) is 0 Å². The average Bonchev–Trinajstić information content (AvgIpc) is 2.27. The number of ether oxygens (including phenoxy) is 2. The lowest BCUT2D eigenvalue weighted by Crippen LogP contribution is -2.29. The van der Waals surface area contributed by atoms with Crippen LogP contribution in [0.5, 0.6) is 0 Å². The minimum Gasteiger partial charge on any atom is -0.423 e. The zero-order chi connectivity index (χ0) is 12.0. The third kappa shape index (κ3) is 4.32. The lowest BCUT2D eigenvalue weighted by atomic mass is 9.80. The van der Waals surface area contributed by atoms with Crippen LogP contribution in [0, 0.1) is 0 Å². The lowest BCUT2D eigenvalue weighted by Gasteiger charge is -2.12. The van der Waals surface area contributed by atoms with Crippen LogP contribution >= 0.6 is 0 Å². The van der Waals surface area contributed by atoms with Gasteiger partial charge < -0.3 is 19.5 Å². The molecule has 1 aromatic carbocycles. The number of hydrogen-bond donors (Lipinski definition) is 2. The molecular formula is C11H17BO4. The molecule has 0 fully saturated rings. The van der Waals surface area contributed by atoms with E-state index in [4.69, 9.17) is 19.5 Å². The van der Waals surface area contributed by atoms with E-state index in [0.29, 0.717) is 18.7 Å². The molecule has 0 aliphatic rings. The van der Waals surface area contributed by atoms with Crippen LogP contribution in [0.15, 0.2) is 24.3 Å². The second kappa shape index (κ2) is 6.65. The van der Waals surface area contributed by atoms with Crippen LogP contribution in [0.4, 0.5) is 0 Å². The van der Waals surface area contributed by atoms with Gasteiger partial charge in [-0.15, -0.1) is 0 Å². The molecule has 0 saturated heterocycles. The predicted octanol–water partition coefficient (Wildman–Crippen LogP) is -0.0821. The topological polar surface area (TPSA) is 58.9 Å². The van der Waals surface area contributed by atoms with Gasteiger partial charge in [-0.05, 0) is 17.9 Å².